The Morgan fingerprint density at radius 3 is 2.91 bits per heavy atom. The van der Waals surface area contributed by atoms with Crippen molar-refractivity contribution in [2.24, 2.45) is 0 Å². The predicted molar refractivity (Wildman–Crippen MR) is 84.9 cm³/mol. The summed E-state index contributed by atoms with van der Waals surface area (Å²) in [5.74, 6) is 9.35. The van der Waals surface area contributed by atoms with Gasteiger partial charge < -0.3 is 19.7 Å². The highest BCUT2D eigenvalue weighted by molar-refractivity contribution is 7.98. The fraction of sp³-hybridized carbons (Fsp3) is 0.200. The van der Waals surface area contributed by atoms with E-state index in [0.29, 0.717) is 35.7 Å². The molecule has 1 aliphatic rings. The van der Waals surface area contributed by atoms with Gasteiger partial charge in [0.2, 0.25) is 11.0 Å². The third-order valence-electron chi connectivity index (χ3n) is 3.41. The number of fused-ring (bicyclic) bond motifs is 1. The van der Waals surface area contributed by atoms with Crippen LogP contribution in [0.3, 0.4) is 0 Å². The third-order valence-corrected chi connectivity index (χ3v) is 4.40. The van der Waals surface area contributed by atoms with Crippen LogP contribution >= 0.6 is 11.8 Å². The minimum atomic E-state index is 0.493. The second-order valence-corrected chi connectivity index (χ2v) is 5.83. The molecule has 0 saturated heterocycles. The molecule has 0 unspecified atom stereocenters. The first-order valence-electron chi connectivity index (χ1n) is 7.07. The number of furan rings is 1. The van der Waals surface area contributed by atoms with Crippen LogP contribution in [0.15, 0.2) is 46.2 Å². The molecule has 1 aliphatic heterocycles. The second kappa shape index (κ2) is 5.88. The molecule has 8 heteroatoms. The summed E-state index contributed by atoms with van der Waals surface area (Å²) in [7, 11) is 0. The van der Waals surface area contributed by atoms with E-state index in [0.717, 1.165) is 17.1 Å². The predicted octanol–water partition coefficient (Wildman–Crippen LogP) is 2.32. The van der Waals surface area contributed by atoms with E-state index in [-0.39, 0.29) is 0 Å². The van der Waals surface area contributed by atoms with Crippen LogP contribution in [0, 0.1) is 0 Å². The molecule has 0 spiro atoms. The van der Waals surface area contributed by atoms with E-state index in [1.807, 2.05) is 18.2 Å². The van der Waals surface area contributed by atoms with Gasteiger partial charge in [-0.05, 0) is 18.2 Å². The summed E-state index contributed by atoms with van der Waals surface area (Å²) in [5, 5.41) is 8.80. The molecule has 7 nitrogen and oxygen atoms in total. The number of thioether (sulfide) groups is 1. The van der Waals surface area contributed by atoms with Gasteiger partial charge in [0.05, 0.1) is 6.26 Å². The lowest BCUT2D eigenvalue weighted by Gasteiger charge is -2.20. The fourth-order valence-corrected chi connectivity index (χ4v) is 3.18. The molecule has 2 N–H and O–H groups in total. The zero-order chi connectivity index (χ0) is 15.6. The van der Waals surface area contributed by atoms with Crippen LogP contribution in [0.2, 0.25) is 0 Å². The summed E-state index contributed by atoms with van der Waals surface area (Å²) in [6.45, 7) is 1.14. The van der Waals surface area contributed by atoms with Gasteiger partial charge in [0.1, 0.15) is 13.2 Å². The van der Waals surface area contributed by atoms with E-state index in [4.69, 9.17) is 19.7 Å². The first-order chi connectivity index (χ1) is 11.3. The number of ether oxygens (including phenoxy) is 2. The zero-order valence-corrected chi connectivity index (χ0v) is 13.0. The zero-order valence-electron chi connectivity index (χ0n) is 12.1. The smallest absolute Gasteiger partial charge is 0.218 e. The van der Waals surface area contributed by atoms with Crippen LogP contribution in [0.25, 0.3) is 11.6 Å². The first kappa shape index (κ1) is 14.0. The fourth-order valence-electron chi connectivity index (χ4n) is 2.34. The molecule has 118 valence electrons. The van der Waals surface area contributed by atoms with Gasteiger partial charge in [-0.25, -0.2) is 4.68 Å². The lowest BCUT2D eigenvalue weighted by atomic mass is 10.2. The van der Waals surface area contributed by atoms with Gasteiger partial charge in [0.15, 0.2) is 17.3 Å². The number of hydrogen-bond acceptors (Lipinski definition) is 7. The Morgan fingerprint density at radius 1 is 1.13 bits per heavy atom. The third kappa shape index (κ3) is 2.61. The van der Waals surface area contributed by atoms with E-state index in [1.165, 1.54) is 16.4 Å². The SMILES string of the molecule is Nn1c(SCc2cccc3c2OCCO3)nnc1-c1ccco1. The van der Waals surface area contributed by atoms with Crippen LogP contribution in [0.4, 0.5) is 0 Å². The summed E-state index contributed by atoms with van der Waals surface area (Å²) in [6.07, 6.45) is 1.57. The topological polar surface area (TPSA) is 88.3 Å². The molecule has 0 saturated carbocycles. The number of nitrogens with two attached hydrogens (primary N) is 1. The highest BCUT2D eigenvalue weighted by Gasteiger charge is 2.18. The molecule has 0 bridgehead atoms. The summed E-state index contributed by atoms with van der Waals surface area (Å²) >= 11 is 1.48. The summed E-state index contributed by atoms with van der Waals surface area (Å²) < 4.78 is 18.0. The molecule has 4 rings (SSSR count). The van der Waals surface area contributed by atoms with Crippen molar-refractivity contribution in [1.29, 1.82) is 0 Å². The van der Waals surface area contributed by atoms with Crippen molar-refractivity contribution in [2.45, 2.75) is 10.9 Å². The van der Waals surface area contributed by atoms with Crippen LogP contribution in [-0.2, 0) is 5.75 Å². The number of nitrogen functional groups attached to an aromatic ring is 1. The van der Waals surface area contributed by atoms with E-state index in [2.05, 4.69) is 10.2 Å². The van der Waals surface area contributed by atoms with Gasteiger partial charge in [0.25, 0.3) is 0 Å². The average molecular weight is 330 g/mol. The normalized spacial score (nSPS) is 13.2. The largest absolute Gasteiger partial charge is 0.486 e. The van der Waals surface area contributed by atoms with E-state index < -0.39 is 0 Å². The van der Waals surface area contributed by atoms with Crippen molar-refractivity contribution in [3.63, 3.8) is 0 Å². The van der Waals surface area contributed by atoms with Gasteiger partial charge in [0, 0.05) is 11.3 Å². The highest BCUT2D eigenvalue weighted by atomic mass is 32.2. The Kier molecular flexibility index (Phi) is 3.58. The van der Waals surface area contributed by atoms with Gasteiger partial charge in [-0.3, -0.25) is 0 Å². The van der Waals surface area contributed by atoms with Gasteiger partial charge in [-0.15, -0.1) is 10.2 Å². The summed E-state index contributed by atoms with van der Waals surface area (Å²) in [5.41, 5.74) is 1.04. The maximum absolute atomic E-state index is 6.05. The minimum Gasteiger partial charge on any atom is -0.486 e. The molecule has 1 aromatic carbocycles. The van der Waals surface area contributed by atoms with E-state index >= 15 is 0 Å². The molecular formula is C15H14N4O3S. The minimum absolute atomic E-state index is 0.493. The van der Waals surface area contributed by atoms with Crippen LogP contribution < -0.4 is 15.3 Å². The van der Waals surface area contributed by atoms with Crippen molar-refractivity contribution < 1.29 is 13.9 Å². The van der Waals surface area contributed by atoms with E-state index in [9.17, 15) is 0 Å². The van der Waals surface area contributed by atoms with Crippen molar-refractivity contribution in [3.05, 3.63) is 42.2 Å². The standard InChI is InChI=1S/C15H14N4O3S/c16-19-14(12-5-2-6-20-12)17-18-15(19)23-9-10-3-1-4-11-13(10)22-8-7-21-11/h1-6H,7-9,16H2. The molecule has 0 radical (unpaired) electrons. The highest BCUT2D eigenvalue weighted by Crippen LogP contribution is 2.36. The second-order valence-electron chi connectivity index (χ2n) is 4.88. The molecule has 0 amide bonds. The Labute approximate surface area is 136 Å². The Hall–Kier alpha value is -2.61. The molecule has 3 heterocycles. The molecule has 0 fully saturated rings. The number of hydrogen-bond donors (Lipinski definition) is 1. The monoisotopic (exact) mass is 330 g/mol. The van der Waals surface area contributed by atoms with Crippen molar-refractivity contribution in [1.82, 2.24) is 14.9 Å². The van der Waals surface area contributed by atoms with Crippen LogP contribution in [0.1, 0.15) is 5.56 Å². The molecule has 2 aromatic heterocycles. The summed E-state index contributed by atoms with van der Waals surface area (Å²) in [6, 6.07) is 9.43. The van der Waals surface area contributed by atoms with Gasteiger partial charge in [-0.2, -0.15) is 0 Å². The molecule has 0 atom stereocenters. The lowest BCUT2D eigenvalue weighted by molar-refractivity contribution is 0.170. The first-order valence-corrected chi connectivity index (χ1v) is 8.06. The molecule has 0 aliphatic carbocycles. The van der Waals surface area contributed by atoms with Crippen molar-refractivity contribution >= 4 is 11.8 Å². The van der Waals surface area contributed by atoms with E-state index in [1.54, 1.807) is 18.4 Å². The number of nitrogens with zero attached hydrogens (tertiary/aromatic N) is 3. The van der Waals surface area contributed by atoms with Crippen molar-refractivity contribution in [2.75, 3.05) is 19.1 Å². The Bertz CT molecular complexity index is 816. The van der Waals surface area contributed by atoms with Gasteiger partial charge in [-0.1, -0.05) is 23.9 Å². The van der Waals surface area contributed by atoms with Crippen molar-refractivity contribution in [3.8, 4) is 23.1 Å². The number of rotatable bonds is 4. The molecule has 23 heavy (non-hydrogen) atoms. The Morgan fingerprint density at radius 2 is 2.04 bits per heavy atom. The number of para-hydroxylation sites is 1. The van der Waals surface area contributed by atoms with Gasteiger partial charge >= 0.3 is 0 Å². The number of benzene rings is 1. The quantitative estimate of drug-likeness (QED) is 0.580. The number of aromatic nitrogens is 3. The average Bonchev–Trinajstić information content (AvgIpc) is 3.23. The lowest BCUT2D eigenvalue weighted by Crippen LogP contribution is -2.16. The molecule has 3 aromatic rings. The maximum Gasteiger partial charge on any atom is 0.218 e. The van der Waals surface area contributed by atoms with Crippen LogP contribution in [-0.4, -0.2) is 28.1 Å². The Balaban J connectivity index is 1.54. The van der Waals surface area contributed by atoms with Crippen LogP contribution in [0.5, 0.6) is 11.5 Å². The summed E-state index contributed by atoms with van der Waals surface area (Å²) in [4.78, 5) is 0. The maximum atomic E-state index is 6.05. The molecular weight excluding hydrogens is 316 g/mol.